The van der Waals surface area contributed by atoms with Gasteiger partial charge in [0.05, 0.1) is 13.2 Å². The number of hydrogen-bond acceptors (Lipinski definition) is 3. The molecule has 24 heavy (non-hydrogen) atoms. The highest BCUT2D eigenvalue weighted by atomic mass is 16.5. The largest absolute Gasteiger partial charge is 0.496 e. The lowest BCUT2D eigenvalue weighted by Gasteiger charge is -2.24. The van der Waals surface area contributed by atoms with E-state index in [1.165, 1.54) is 24.8 Å². The fraction of sp³-hybridized carbons (Fsp3) is 0.632. The van der Waals surface area contributed by atoms with Gasteiger partial charge in [0, 0.05) is 19.0 Å². The zero-order valence-corrected chi connectivity index (χ0v) is 14.5. The van der Waals surface area contributed by atoms with Crippen LogP contribution in [0.2, 0.25) is 0 Å². The maximum absolute atomic E-state index is 11.0. The van der Waals surface area contributed by atoms with Crippen molar-refractivity contribution in [2.24, 2.45) is 11.8 Å². The van der Waals surface area contributed by atoms with Crippen molar-refractivity contribution in [3.8, 4) is 5.75 Å². The summed E-state index contributed by atoms with van der Waals surface area (Å²) < 4.78 is 5.22. The van der Waals surface area contributed by atoms with Crippen LogP contribution in [-0.4, -0.2) is 37.4 Å². The van der Waals surface area contributed by atoms with Crippen molar-refractivity contribution in [2.75, 3.05) is 20.2 Å². The van der Waals surface area contributed by atoms with Gasteiger partial charge in [0.15, 0.2) is 0 Å². The van der Waals surface area contributed by atoms with Crippen LogP contribution in [0.25, 0.3) is 0 Å². The Kier molecular flexibility index (Phi) is 5.29. The van der Waals surface area contributed by atoms with Crippen LogP contribution in [0.4, 0.5) is 4.79 Å². The average molecular weight is 332 g/mol. The van der Waals surface area contributed by atoms with Crippen LogP contribution in [0.3, 0.4) is 0 Å². The topological polar surface area (TPSA) is 70.6 Å². The van der Waals surface area contributed by atoms with E-state index < -0.39 is 0 Å². The fourth-order valence-corrected chi connectivity index (χ4v) is 4.17. The number of methoxy groups -OCH3 is 1. The number of carbonyl (C=O) groups excluding carboxylic acids is 1. The molecule has 3 N–H and O–H groups in total. The van der Waals surface area contributed by atoms with Crippen molar-refractivity contribution < 1.29 is 14.6 Å². The molecule has 1 saturated heterocycles. The van der Waals surface area contributed by atoms with Crippen LogP contribution in [0.1, 0.15) is 42.7 Å². The molecule has 2 bridgehead atoms. The third-order valence-electron chi connectivity index (χ3n) is 5.61. The van der Waals surface area contributed by atoms with E-state index in [0.29, 0.717) is 24.9 Å². The molecule has 2 saturated carbocycles. The Morgan fingerprint density at radius 3 is 2.38 bits per heavy atom. The lowest BCUT2D eigenvalue weighted by Crippen LogP contribution is -2.47. The maximum Gasteiger partial charge on any atom is 0.314 e. The zero-order chi connectivity index (χ0) is 17.1. The van der Waals surface area contributed by atoms with Crippen molar-refractivity contribution in [3.05, 3.63) is 29.3 Å². The molecule has 3 fully saturated rings. The summed E-state index contributed by atoms with van der Waals surface area (Å²) in [5.41, 5.74) is 2.35. The Labute approximate surface area is 143 Å². The SMILES string of the molecule is COc1ccc(C2CNC(=O)NC2)cc1C.O[C@H]1CC2CCC1C2. The van der Waals surface area contributed by atoms with Crippen LogP contribution in [0, 0.1) is 18.8 Å². The minimum Gasteiger partial charge on any atom is -0.496 e. The summed E-state index contributed by atoms with van der Waals surface area (Å²) in [7, 11) is 1.67. The smallest absolute Gasteiger partial charge is 0.314 e. The number of hydrogen-bond donors (Lipinski definition) is 3. The molecule has 2 unspecified atom stereocenters. The van der Waals surface area contributed by atoms with Crippen LogP contribution >= 0.6 is 0 Å². The molecule has 132 valence electrons. The third kappa shape index (κ3) is 3.83. The molecule has 0 radical (unpaired) electrons. The molecule has 5 heteroatoms. The predicted octanol–water partition coefficient (Wildman–Crippen LogP) is 2.57. The van der Waals surface area contributed by atoms with Crippen molar-refractivity contribution in [3.63, 3.8) is 0 Å². The molecule has 0 spiro atoms. The Morgan fingerprint density at radius 2 is 1.92 bits per heavy atom. The summed E-state index contributed by atoms with van der Waals surface area (Å²) in [5, 5.41) is 14.8. The van der Waals surface area contributed by atoms with E-state index in [2.05, 4.69) is 22.8 Å². The lowest BCUT2D eigenvalue weighted by molar-refractivity contribution is 0.113. The molecule has 1 aromatic rings. The Balaban J connectivity index is 0.000000175. The third-order valence-corrected chi connectivity index (χ3v) is 5.61. The number of ether oxygens (including phenoxy) is 1. The van der Waals surface area contributed by atoms with Gasteiger partial charge < -0.3 is 20.5 Å². The van der Waals surface area contributed by atoms with Gasteiger partial charge in [0.2, 0.25) is 0 Å². The monoisotopic (exact) mass is 332 g/mol. The van der Waals surface area contributed by atoms with Gasteiger partial charge >= 0.3 is 6.03 Å². The molecule has 4 rings (SSSR count). The van der Waals surface area contributed by atoms with Gasteiger partial charge in [-0.05, 0) is 61.6 Å². The first-order valence-electron chi connectivity index (χ1n) is 8.91. The van der Waals surface area contributed by atoms with Crippen molar-refractivity contribution in [2.45, 2.75) is 44.6 Å². The number of aliphatic hydroxyl groups is 1. The summed E-state index contributed by atoms with van der Waals surface area (Å²) >= 11 is 0. The second kappa shape index (κ2) is 7.43. The quantitative estimate of drug-likeness (QED) is 0.779. The van der Waals surface area contributed by atoms with Gasteiger partial charge in [0.25, 0.3) is 0 Å². The van der Waals surface area contributed by atoms with Crippen molar-refractivity contribution in [1.82, 2.24) is 10.6 Å². The van der Waals surface area contributed by atoms with E-state index in [1.54, 1.807) is 7.11 Å². The van der Waals surface area contributed by atoms with Gasteiger partial charge in [-0.25, -0.2) is 4.79 Å². The summed E-state index contributed by atoms with van der Waals surface area (Å²) in [6, 6.07) is 6.06. The van der Waals surface area contributed by atoms with Gasteiger partial charge in [-0.15, -0.1) is 0 Å². The Hall–Kier alpha value is -1.75. The number of nitrogens with one attached hydrogen (secondary N) is 2. The Bertz CT molecular complexity index is 578. The van der Waals surface area contributed by atoms with Gasteiger partial charge in [-0.1, -0.05) is 12.1 Å². The first kappa shape index (κ1) is 17.1. The molecule has 1 aliphatic heterocycles. The average Bonchev–Trinajstić information content (AvgIpc) is 3.18. The number of urea groups is 1. The van der Waals surface area contributed by atoms with Crippen molar-refractivity contribution in [1.29, 1.82) is 0 Å². The second-order valence-electron chi connectivity index (χ2n) is 7.26. The lowest BCUT2D eigenvalue weighted by atomic mass is 9.96. The summed E-state index contributed by atoms with van der Waals surface area (Å²) in [5.74, 6) is 2.83. The minimum atomic E-state index is -0.0820. The fourth-order valence-electron chi connectivity index (χ4n) is 4.17. The number of carbonyl (C=O) groups is 1. The standard InChI is InChI=1S/C12H16N2O2.C7H12O/c1-8-5-9(3-4-11(8)16-2)10-6-13-12(15)14-7-10;8-7-4-5-1-2-6(7)3-5/h3-5,10H,6-7H2,1-2H3,(H2,13,14,15);5-8H,1-4H2/t;5?,6?,7-/m.0/s1. The molecule has 1 heterocycles. The molecular weight excluding hydrogens is 304 g/mol. The molecule has 3 aliphatic rings. The van der Waals surface area contributed by atoms with E-state index in [-0.39, 0.29) is 12.1 Å². The number of rotatable bonds is 2. The second-order valence-corrected chi connectivity index (χ2v) is 7.26. The molecule has 3 atom stereocenters. The van der Waals surface area contributed by atoms with Gasteiger partial charge in [-0.2, -0.15) is 0 Å². The number of benzene rings is 1. The minimum absolute atomic E-state index is 0.0775. The molecule has 0 aromatic heterocycles. The van der Waals surface area contributed by atoms with Crippen LogP contribution < -0.4 is 15.4 Å². The molecule has 2 amide bonds. The molecule has 2 aliphatic carbocycles. The van der Waals surface area contributed by atoms with E-state index in [0.717, 1.165) is 23.7 Å². The summed E-state index contributed by atoms with van der Waals surface area (Å²) in [4.78, 5) is 11.0. The van der Waals surface area contributed by atoms with Gasteiger partial charge in [0.1, 0.15) is 5.75 Å². The Morgan fingerprint density at radius 1 is 1.17 bits per heavy atom. The first-order valence-corrected chi connectivity index (χ1v) is 8.91. The number of aliphatic hydroxyl groups excluding tert-OH is 1. The normalized spacial score (nSPS) is 28.6. The van der Waals surface area contributed by atoms with E-state index in [1.807, 2.05) is 13.0 Å². The van der Waals surface area contributed by atoms with Crippen molar-refractivity contribution >= 4 is 6.03 Å². The molecule has 5 nitrogen and oxygen atoms in total. The number of fused-ring (bicyclic) bond motifs is 2. The predicted molar refractivity (Wildman–Crippen MR) is 93.3 cm³/mol. The number of aryl methyl sites for hydroxylation is 1. The van der Waals surface area contributed by atoms with Gasteiger partial charge in [-0.3, -0.25) is 0 Å². The summed E-state index contributed by atoms with van der Waals surface area (Å²) in [6.45, 7) is 3.41. The van der Waals surface area contributed by atoms with Crippen LogP contribution in [0.5, 0.6) is 5.75 Å². The highest BCUT2D eigenvalue weighted by molar-refractivity contribution is 5.74. The van der Waals surface area contributed by atoms with E-state index in [4.69, 9.17) is 4.74 Å². The highest BCUT2D eigenvalue weighted by Crippen LogP contribution is 2.44. The zero-order valence-electron chi connectivity index (χ0n) is 14.5. The maximum atomic E-state index is 11.0. The van der Waals surface area contributed by atoms with Crippen LogP contribution in [-0.2, 0) is 0 Å². The molecule has 1 aromatic carbocycles. The first-order chi connectivity index (χ1) is 11.6. The number of amides is 2. The van der Waals surface area contributed by atoms with E-state index >= 15 is 0 Å². The van der Waals surface area contributed by atoms with E-state index in [9.17, 15) is 9.90 Å². The summed E-state index contributed by atoms with van der Waals surface area (Å²) in [6.07, 6.45) is 5.19. The highest BCUT2D eigenvalue weighted by Gasteiger charge is 2.38. The van der Waals surface area contributed by atoms with Crippen LogP contribution in [0.15, 0.2) is 18.2 Å². The molecular formula is C19H28N2O3.